The van der Waals surface area contributed by atoms with Crippen LogP contribution < -0.4 is 14.8 Å². The number of amides is 1. The van der Waals surface area contributed by atoms with Gasteiger partial charge in [0.15, 0.2) is 22.5 Å². The molecule has 9 nitrogen and oxygen atoms in total. The van der Waals surface area contributed by atoms with Crippen molar-refractivity contribution in [3.63, 3.8) is 0 Å². The summed E-state index contributed by atoms with van der Waals surface area (Å²) in [4.78, 5) is 12.7. The molecule has 0 atom stereocenters. The third-order valence-corrected chi connectivity index (χ3v) is 6.31. The largest absolute Gasteiger partial charge is 0.454 e. The molecule has 3 heterocycles. The lowest BCUT2D eigenvalue weighted by atomic mass is 10.2. The maximum atomic E-state index is 12.7. The van der Waals surface area contributed by atoms with Crippen molar-refractivity contribution in [2.75, 3.05) is 17.9 Å². The summed E-state index contributed by atoms with van der Waals surface area (Å²) in [5.74, 6) is 2.08. The van der Waals surface area contributed by atoms with Crippen LogP contribution in [0.15, 0.2) is 53.7 Å². The van der Waals surface area contributed by atoms with Gasteiger partial charge >= 0.3 is 0 Å². The minimum Gasteiger partial charge on any atom is -0.454 e. The summed E-state index contributed by atoms with van der Waals surface area (Å²) in [6.07, 6.45) is 0. The second kappa shape index (κ2) is 8.62. The number of hydrogen-bond acceptors (Lipinski definition) is 7. The fourth-order valence-electron chi connectivity index (χ4n) is 3.66. The van der Waals surface area contributed by atoms with Gasteiger partial charge < -0.3 is 14.8 Å². The first-order chi connectivity index (χ1) is 16.0. The topological polar surface area (TPSA) is 96.1 Å². The molecule has 0 spiro atoms. The number of rotatable bonds is 6. The lowest BCUT2D eigenvalue weighted by Gasteiger charge is -2.11. The van der Waals surface area contributed by atoms with E-state index >= 15 is 0 Å². The molecule has 0 aliphatic carbocycles. The third-order valence-electron chi connectivity index (χ3n) is 5.38. The minimum absolute atomic E-state index is 0.133. The predicted molar refractivity (Wildman–Crippen MR) is 125 cm³/mol. The van der Waals surface area contributed by atoms with Gasteiger partial charge in [-0.3, -0.25) is 14.0 Å². The number of nitrogens with zero attached hydrogens (tertiary/aromatic N) is 5. The average molecular weight is 463 g/mol. The molecule has 1 aliphatic heterocycles. The molecule has 2 aromatic carbocycles. The van der Waals surface area contributed by atoms with E-state index < -0.39 is 0 Å². The third kappa shape index (κ3) is 4.05. The molecule has 0 unspecified atom stereocenters. The number of fused-ring (bicyclic) bond motifs is 1. The number of hydrogen-bond donors (Lipinski definition) is 1. The van der Waals surface area contributed by atoms with Crippen LogP contribution in [0, 0.1) is 13.8 Å². The highest BCUT2D eigenvalue weighted by molar-refractivity contribution is 7.99. The molecule has 2 aromatic heterocycles. The zero-order valence-corrected chi connectivity index (χ0v) is 19.2. The van der Waals surface area contributed by atoms with Gasteiger partial charge in [0.1, 0.15) is 0 Å². The zero-order valence-electron chi connectivity index (χ0n) is 18.4. The van der Waals surface area contributed by atoms with Crippen LogP contribution in [0.1, 0.15) is 11.4 Å². The Morgan fingerprint density at radius 2 is 1.88 bits per heavy atom. The zero-order chi connectivity index (χ0) is 22.9. The van der Waals surface area contributed by atoms with Crippen molar-refractivity contribution in [2.24, 2.45) is 7.05 Å². The maximum Gasteiger partial charge on any atom is 0.234 e. The van der Waals surface area contributed by atoms with Crippen molar-refractivity contribution in [1.82, 2.24) is 24.5 Å². The van der Waals surface area contributed by atoms with E-state index in [1.54, 1.807) is 4.68 Å². The summed E-state index contributed by atoms with van der Waals surface area (Å²) < 4.78 is 14.6. The van der Waals surface area contributed by atoms with Crippen LogP contribution in [0.2, 0.25) is 0 Å². The fraction of sp³-hybridized carbons (Fsp3) is 0.217. The molecule has 0 saturated heterocycles. The second-order valence-corrected chi connectivity index (χ2v) is 8.49. The van der Waals surface area contributed by atoms with Gasteiger partial charge in [-0.05, 0) is 44.2 Å². The molecule has 10 heteroatoms. The molecular weight excluding hydrogens is 440 g/mol. The van der Waals surface area contributed by atoms with Crippen molar-refractivity contribution in [3.05, 3.63) is 59.9 Å². The van der Waals surface area contributed by atoms with Crippen LogP contribution in [-0.4, -0.2) is 43.0 Å². The summed E-state index contributed by atoms with van der Waals surface area (Å²) in [5, 5.41) is 16.7. The quantitative estimate of drug-likeness (QED) is 0.436. The van der Waals surface area contributed by atoms with Crippen molar-refractivity contribution >= 4 is 23.4 Å². The molecule has 168 valence electrons. The Balaban J connectivity index is 1.42. The number of nitrogens with one attached hydrogen (secondary N) is 1. The number of carbonyl (C=O) groups excluding carboxylic acids is 1. The second-order valence-electron chi connectivity index (χ2n) is 7.55. The monoisotopic (exact) mass is 462 g/mol. The van der Waals surface area contributed by atoms with Gasteiger partial charge in [0, 0.05) is 18.3 Å². The molecular formula is C23H22N6O3S. The Morgan fingerprint density at radius 3 is 2.64 bits per heavy atom. The highest BCUT2D eigenvalue weighted by Gasteiger charge is 2.21. The molecule has 1 aliphatic rings. The number of anilines is 1. The van der Waals surface area contributed by atoms with E-state index in [0.29, 0.717) is 22.5 Å². The molecule has 5 rings (SSSR count). The summed E-state index contributed by atoms with van der Waals surface area (Å²) in [6, 6.07) is 15.5. The molecule has 0 fully saturated rings. The van der Waals surface area contributed by atoms with Crippen molar-refractivity contribution in [3.8, 4) is 28.6 Å². The van der Waals surface area contributed by atoms with Gasteiger partial charge in [0.2, 0.25) is 12.7 Å². The number of thioether (sulfide) groups is 1. The van der Waals surface area contributed by atoms with Gasteiger partial charge in [-0.25, -0.2) is 0 Å². The molecule has 33 heavy (non-hydrogen) atoms. The van der Waals surface area contributed by atoms with Crippen molar-refractivity contribution < 1.29 is 14.3 Å². The Morgan fingerprint density at radius 1 is 1.09 bits per heavy atom. The molecule has 0 radical (unpaired) electrons. The minimum atomic E-state index is -0.133. The Labute approximate surface area is 194 Å². The standard InChI is InChI=1S/C23H22N6O3S/c1-14-21(15(2)28(3)27-14)24-20(30)12-33-23-26-25-22(29(23)17-7-5-4-6-8-17)16-9-10-18-19(11-16)32-13-31-18/h4-11H,12-13H2,1-3H3,(H,24,30). The maximum absolute atomic E-state index is 12.7. The normalized spacial score (nSPS) is 12.2. The van der Waals surface area contributed by atoms with Crippen LogP contribution in [0.5, 0.6) is 11.5 Å². The van der Waals surface area contributed by atoms with E-state index in [4.69, 9.17) is 9.47 Å². The first-order valence-corrected chi connectivity index (χ1v) is 11.3. The van der Waals surface area contributed by atoms with E-state index in [1.807, 2.05) is 74.0 Å². The van der Waals surface area contributed by atoms with Crippen LogP contribution >= 0.6 is 11.8 Å². The van der Waals surface area contributed by atoms with Crippen LogP contribution in [0.4, 0.5) is 5.69 Å². The first-order valence-electron chi connectivity index (χ1n) is 10.3. The molecule has 1 N–H and O–H groups in total. The molecule has 1 amide bonds. The van der Waals surface area contributed by atoms with Gasteiger partial charge in [-0.2, -0.15) is 5.10 Å². The summed E-state index contributed by atoms with van der Waals surface area (Å²) >= 11 is 1.32. The fourth-order valence-corrected chi connectivity index (χ4v) is 4.41. The van der Waals surface area contributed by atoms with E-state index in [0.717, 1.165) is 28.3 Å². The Kier molecular flexibility index (Phi) is 5.51. The number of para-hydroxylation sites is 1. The van der Waals surface area contributed by atoms with Gasteiger partial charge in [0.05, 0.1) is 22.8 Å². The Bertz CT molecular complexity index is 1330. The number of ether oxygens (including phenoxy) is 2. The van der Waals surface area contributed by atoms with Gasteiger partial charge in [-0.15, -0.1) is 10.2 Å². The van der Waals surface area contributed by atoms with Gasteiger partial charge in [0.25, 0.3) is 0 Å². The summed E-state index contributed by atoms with van der Waals surface area (Å²) in [6.45, 7) is 4.00. The van der Waals surface area contributed by atoms with Crippen LogP contribution in [0.25, 0.3) is 17.1 Å². The Hall–Kier alpha value is -3.79. The van der Waals surface area contributed by atoms with E-state index in [9.17, 15) is 4.79 Å². The smallest absolute Gasteiger partial charge is 0.234 e. The highest BCUT2D eigenvalue weighted by atomic mass is 32.2. The predicted octanol–water partition coefficient (Wildman–Crippen LogP) is 3.74. The number of benzene rings is 2. The van der Waals surface area contributed by atoms with Crippen LogP contribution in [-0.2, 0) is 11.8 Å². The SMILES string of the molecule is Cc1nn(C)c(C)c1NC(=O)CSc1nnc(-c2ccc3c(c2)OCO3)n1-c1ccccc1. The van der Waals surface area contributed by atoms with Crippen LogP contribution in [0.3, 0.4) is 0 Å². The van der Waals surface area contributed by atoms with Gasteiger partial charge in [-0.1, -0.05) is 30.0 Å². The lowest BCUT2D eigenvalue weighted by Crippen LogP contribution is -2.15. The number of aryl methyl sites for hydroxylation is 2. The van der Waals surface area contributed by atoms with Crippen molar-refractivity contribution in [2.45, 2.75) is 19.0 Å². The highest BCUT2D eigenvalue weighted by Crippen LogP contribution is 2.37. The molecule has 0 saturated carbocycles. The van der Waals surface area contributed by atoms with E-state index in [2.05, 4.69) is 20.6 Å². The number of aromatic nitrogens is 5. The summed E-state index contributed by atoms with van der Waals surface area (Å²) in [7, 11) is 1.85. The number of carbonyl (C=O) groups is 1. The van der Waals surface area contributed by atoms with Crippen molar-refractivity contribution in [1.29, 1.82) is 0 Å². The first kappa shape index (κ1) is 21.1. The van der Waals surface area contributed by atoms with E-state index in [1.165, 1.54) is 11.8 Å². The lowest BCUT2D eigenvalue weighted by molar-refractivity contribution is -0.113. The van der Waals surface area contributed by atoms with E-state index in [-0.39, 0.29) is 18.5 Å². The molecule has 0 bridgehead atoms. The average Bonchev–Trinajstić information content (AvgIpc) is 3.52. The molecule has 4 aromatic rings. The summed E-state index contributed by atoms with van der Waals surface area (Å²) in [5.41, 5.74) is 4.17.